The van der Waals surface area contributed by atoms with E-state index < -0.39 is 0 Å². The largest absolute Gasteiger partial charge is 0.466 e. The van der Waals surface area contributed by atoms with Gasteiger partial charge >= 0.3 is 5.97 Å². The van der Waals surface area contributed by atoms with Gasteiger partial charge in [-0.15, -0.1) is 0 Å². The normalized spacial score (nSPS) is 16.2. The van der Waals surface area contributed by atoms with Crippen LogP contribution in [0, 0.1) is 12.8 Å². The first kappa shape index (κ1) is 14.6. The molecule has 2 rings (SSSR count). The second-order valence-corrected chi connectivity index (χ2v) is 4.94. The van der Waals surface area contributed by atoms with Crippen molar-refractivity contribution in [3.05, 3.63) is 17.8 Å². The summed E-state index contributed by atoms with van der Waals surface area (Å²) in [5, 5.41) is 0. The van der Waals surface area contributed by atoms with Crippen LogP contribution in [0.3, 0.4) is 0 Å². The van der Waals surface area contributed by atoms with Crippen molar-refractivity contribution in [2.24, 2.45) is 5.92 Å². The summed E-state index contributed by atoms with van der Waals surface area (Å²) in [6.07, 6.45) is 3.10. The molecule has 0 atom stereocenters. The number of likely N-dealkylation sites (tertiary alicyclic amines) is 1. The molecular formula is C14H20N2O4. The third-order valence-electron chi connectivity index (χ3n) is 3.47. The quantitative estimate of drug-likeness (QED) is 0.778. The number of aromatic nitrogens is 1. The third-order valence-corrected chi connectivity index (χ3v) is 3.47. The highest BCUT2D eigenvalue weighted by Gasteiger charge is 2.28. The van der Waals surface area contributed by atoms with Crippen LogP contribution < -0.4 is 0 Å². The van der Waals surface area contributed by atoms with Crippen LogP contribution in [0.25, 0.3) is 0 Å². The fourth-order valence-electron chi connectivity index (χ4n) is 2.38. The van der Waals surface area contributed by atoms with Gasteiger partial charge in [-0.2, -0.15) is 0 Å². The van der Waals surface area contributed by atoms with Gasteiger partial charge < -0.3 is 14.1 Å². The van der Waals surface area contributed by atoms with E-state index in [9.17, 15) is 9.59 Å². The summed E-state index contributed by atoms with van der Waals surface area (Å²) >= 11 is 0. The Morgan fingerprint density at radius 1 is 1.45 bits per heavy atom. The van der Waals surface area contributed by atoms with Crippen LogP contribution in [0.1, 0.15) is 31.4 Å². The van der Waals surface area contributed by atoms with Crippen LogP contribution in [-0.4, -0.2) is 41.5 Å². The number of oxazole rings is 1. The highest BCUT2D eigenvalue weighted by Crippen LogP contribution is 2.19. The summed E-state index contributed by atoms with van der Waals surface area (Å²) in [5.74, 6) is 0.370. The minimum absolute atomic E-state index is 0.0283. The van der Waals surface area contributed by atoms with Gasteiger partial charge in [0.15, 0.2) is 5.89 Å². The first-order chi connectivity index (χ1) is 9.60. The number of carbonyl (C=O) groups is 2. The SMILES string of the molecule is CCOC(=O)C1CCN(C(=O)Cc2coc(C)n2)CC1. The highest BCUT2D eigenvalue weighted by molar-refractivity contribution is 5.79. The molecule has 0 saturated carbocycles. The zero-order valence-electron chi connectivity index (χ0n) is 11.9. The van der Waals surface area contributed by atoms with Gasteiger partial charge in [0, 0.05) is 20.0 Å². The summed E-state index contributed by atoms with van der Waals surface area (Å²) in [5.41, 5.74) is 0.653. The van der Waals surface area contributed by atoms with E-state index in [4.69, 9.17) is 9.15 Å². The molecule has 0 spiro atoms. The number of carbonyl (C=O) groups excluding carboxylic acids is 2. The Balaban J connectivity index is 1.81. The standard InChI is InChI=1S/C14H20N2O4/c1-3-19-14(18)11-4-6-16(7-5-11)13(17)8-12-9-20-10(2)15-12/h9,11H,3-8H2,1-2H3. The molecule has 1 aromatic heterocycles. The molecule has 1 aliphatic heterocycles. The maximum absolute atomic E-state index is 12.1. The number of nitrogens with zero attached hydrogens (tertiary/aromatic N) is 2. The third kappa shape index (κ3) is 3.59. The second kappa shape index (κ2) is 6.54. The van der Waals surface area contributed by atoms with Crippen molar-refractivity contribution in [1.82, 2.24) is 9.88 Å². The Bertz CT molecular complexity index is 475. The van der Waals surface area contributed by atoms with Gasteiger partial charge in [0.1, 0.15) is 6.26 Å². The van der Waals surface area contributed by atoms with Crippen molar-refractivity contribution in [2.45, 2.75) is 33.1 Å². The zero-order chi connectivity index (χ0) is 14.5. The highest BCUT2D eigenvalue weighted by atomic mass is 16.5. The first-order valence-corrected chi connectivity index (χ1v) is 6.95. The lowest BCUT2D eigenvalue weighted by atomic mass is 9.97. The molecule has 1 amide bonds. The topological polar surface area (TPSA) is 72.6 Å². The predicted molar refractivity (Wildman–Crippen MR) is 70.9 cm³/mol. The number of aryl methyl sites for hydroxylation is 1. The minimum atomic E-state index is -0.147. The molecule has 1 aromatic rings. The molecule has 1 saturated heterocycles. The Hall–Kier alpha value is -1.85. The van der Waals surface area contributed by atoms with Gasteiger partial charge in [-0.25, -0.2) is 4.98 Å². The van der Waals surface area contributed by atoms with Crippen LogP contribution in [0.15, 0.2) is 10.7 Å². The van der Waals surface area contributed by atoms with Gasteiger partial charge in [-0.05, 0) is 19.8 Å². The summed E-state index contributed by atoms with van der Waals surface area (Å²) in [6, 6.07) is 0. The molecule has 1 aliphatic rings. The Kier molecular flexibility index (Phi) is 4.76. The number of rotatable bonds is 4. The lowest BCUT2D eigenvalue weighted by Gasteiger charge is -2.30. The van der Waals surface area contributed by atoms with E-state index in [1.165, 1.54) is 6.26 Å². The van der Waals surface area contributed by atoms with Crippen molar-refractivity contribution < 1.29 is 18.7 Å². The average molecular weight is 280 g/mol. The van der Waals surface area contributed by atoms with Gasteiger partial charge in [0.25, 0.3) is 0 Å². The molecule has 0 radical (unpaired) electrons. The van der Waals surface area contributed by atoms with Crippen molar-refractivity contribution >= 4 is 11.9 Å². The molecular weight excluding hydrogens is 260 g/mol. The molecule has 0 aliphatic carbocycles. The lowest BCUT2D eigenvalue weighted by Crippen LogP contribution is -2.41. The van der Waals surface area contributed by atoms with Crippen LogP contribution >= 0.6 is 0 Å². The predicted octanol–water partition coefficient (Wildman–Crippen LogP) is 1.33. The van der Waals surface area contributed by atoms with E-state index in [-0.39, 0.29) is 24.2 Å². The molecule has 0 aromatic carbocycles. The van der Waals surface area contributed by atoms with Gasteiger partial charge in [0.2, 0.25) is 5.91 Å². The van der Waals surface area contributed by atoms with Crippen molar-refractivity contribution in [3.8, 4) is 0 Å². The molecule has 2 heterocycles. The van der Waals surface area contributed by atoms with Gasteiger partial charge in [-0.1, -0.05) is 0 Å². The average Bonchev–Trinajstić information content (AvgIpc) is 2.84. The number of hydrogen-bond acceptors (Lipinski definition) is 5. The monoisotopic (exact) mass is 280 g/mol. The second-order valence-electron chi connectivity index (χ2n) is 4.94. The maximum atomic E-state index is 12.1. The Morgan fingerprint density at radius 3 is 2.70 bits per heavy atom. The zero-order valence-corrected chi connectivity index (χ0v) is 11.9. The van der Waals surface area contributed by atoms with Crippen LogP contribution in [0.5, 0.6) is 0 Å². The van der Waals surface area contributed by atoms with Crippen molar-refractivity contribution in [2.75, 3.05) is 19.7 Å². The van der Waals surface area contributed by atoms with Gasteiger partial charge in [-0.3, -0.25) is 9.59 Å². The molecule has 0 N–H and O–H groups in total. The van der Waals surface area contributed by atoms with Crippen molar-refractivity contribution in [1.29, 1.82) is 0 Å². The summed E-state index contributed by atoms with van der Waals surface area (Å²) in [4.78, 5) is 29.6. The molecule has 6 nitrogen and oxygen atoms in total. The van der Waals surface area contributed by atoms with Gasteiger partial charge in [0.05, 0.1) is 24.6 Å². The van der Waals surface area contributed by atoms with Crippen LogP contribution in [0.4, 0.5) is 0 Å². The molecule has 0 bridgehead atoms. The Morgan fingerprint density at radius 2 is 2.15 bits per heavy atom. The maximum Gasteiger partial charge on any atom is 0.309 e. The molecule has 20 heavy (non-hydrogen) atoms. The first-order valence-electron chi connectivity index (χ1n) is 6.95. The number of ether oxygens (including phenoxy) is 1. The summed E-state index contributed by atoms with van der Waals surface area (Å²) in [7, 11) is 0. The van der Waals surface area contributed by atoms with E-state index in [1.54, 1.807) is 18.7 Å². The number of hydrogen-bond donors (Lipinski definition) is 0. The van der Waals surface area contributed by atoms with Crippen molar-refractivity contribution in [3.63, 3.8) is 0 Å². The van der Waals surface area contributed by atoms with Crippen LogP contribution in [0.2, 0.25) is 0 Å². The van der Waals surface area contributed by atoms with E-state index >= 15 is 0 Å². The number of esters is 1. The minimum Gasteiger partial charge on any atom is -0.466 e. The van der Waals surface area contributed by atoms with E-state index in [0.717, 1.165) is 0 Å². The van der Waals surface area contributed by atoms with E-state index in [1.807, 2.05) is 0 Å². The fraction of sp³-hybridized carbons (Fsp3) is 0.643. The smallest absolute Gasteiger partial charge is 0.309 e. The Labute approximate surface area is 118 Å². The van der Waals surface area contributed by atoms with E-state index in [0.29, 0.717) is 44.1 Å². The molecule has 110 valence electrons. The molecule has 1 fully saturated rings. The van der Waals surface area contributed by atoms with Crippen LogP contribution in [-0.2, 0) is 20.7 Å². The summed E-state index contributed by atoms with van der Waals surface area (Å²) < 4.78 is 10.1. The lowest BCUT2D eigenvalue weighted by molar-refractivity contribution is -0.151. The fourth-order valence-corrected chi connectivity index (χ4v) is 2.38. The number of amides is 1. The molecule has 0 unspecified atom stereocenters. The van der Waals surface area contributed by atoms with E-state index in [2.05, 4.69) is 4.98 Å². The molecule has 6 heteroatoms. The summed E-state index contributed by atoms with van der Waals surface area (Å²) in [6.45, 7) is 5.15. The number of piperidine rings is 1.